The molecule has 1 aromatic heterocycles. The highest BCUT2D eigenvalue weighted by molar-refractivity contribution is 7.13. The van der Waals surface area contributed by atoms with E-state index in [1.807, 2.05) is 0 Å². The van der Waals surface area contributed by atoms with Crippen LogP contribution in [0.15, 0.2) is 27.9 Å². The maximum Gasteiger partial charge on any atom is 0.251 e. The van der Waals surface area contributed by atoms with Crippen LogP contribution in [0.25, 0.3) is 0 Å². The van der Waals surface area contributed by atoms with Crippen LogP contribution in [0.1, 0.15) is 6.92 Å². The molecule has 0 aliphatic carbocycles. The van der Waals surface area contributed by atoms with Gasteiger partial charge in [-0.2, -0.15) is 0 Å². The second-order valence-corrected chi connectivity index (χ2v) is 4.64. The van der Waals surface area contributed by atoms with Crippen molar-refractivity contribution in [3.8, 4) is 5.75 Å². The van der Waals surface area contributed by atoms with Crippen LogP contribution < -0.4 is 5.32 Å². The summed E-state index contributed by atoms with van der Waals surface area (Å²) in [7, 11) is 0. The van der Waals surface area contributed by atoms with E-state index in [1.54, 1.807) is 0 Å². The number of aromatic hydroxyl groups is 1. The zero-order valence-electron chi connectivity index (χ0n) is 9.66. The van der Waals surface area contributed by atoms with Crippen molar-refractivity contribution in [1.82, 2.24) is 10.2 Å². The molecule has 2 N–H and O–H groups in total. The predicted octanol–water partition coefficient (Wildman–Crippen LogP) is 3.27. The summed E-state index contributed by atoms with van der Waals surface area (Å²) in [6.45, 7) is 1.34. The number of amides is 1. The van der Waals surface area contributed by atoms with Crippen LogP contribution in [-0.2, 0) is 4.79 Å². The van der Waals surface area contributed by atoms with Gasteiger partial charge >= 0.3 is 0 Å². The third-order valence-electron chi connectivity index (χ3n) is 1.97. The lowest BCUT2D eigenvalue weighted by Crippen LogP contribution is -2.05. The highest BCUT2D eigenvalue weighted by atomic mass is 35.5. The molecule has 1 heterocycles. The first-order chi connectivity index (χ1) is 9.06. The summed E-state index contributed by atoms with van der Waals surface area (Å²) in [5.41, 5.74) is 2.14. The molecule has 0 atom stereocenters. The van der Waals surface area contributed by atoms with Crippen LogP contribution in [0.2, 0.25) is 5.02 Å². The second-order valence-electron chi connectivity index (χ2n) is 3.42. The average Bonchev–Trinajstić information content (AvgIpc) is 2.84. The van der Waals surface area contributed by atoms with Crippen LogP contribution in [0, 0.1) is 0 Å². The van der Waals surface area contributed by atoms with Gasteiger partial charge in [0.05, 0.1) is 10.7 Å². The fraction of sp³-hybridized carbons (Fsp3) is 0.100. The van der Waals surface area contributed by atoms with Gasteiger partial charge in [0.1, 0.15) is 16.9 Å². The van der Waals surface area contributed by atoms with E-state index in [0.717, 1.165) is 0 Å². The monoisotopic (exact) mass is 297 g/mol. The molecule has 19 heavy (non-hydrogen) atoms. The Balaban J connectivity index is 2.37. The molecular weight excluding hydrogens is 290 g/mol. The first kappa shape index (κ1) is 13.4. The smallest absolute Gasteiger partial charge is 0.251 e. The van der Waals surface area contributed by atoms with Crippen molar-refractivity contribution in [2.75, 3.05) is 5.32 Å². The SMILES string of the molecule is CC(=O)Nc1cc(O)c(Cl)cc1N=Nc1nncs1. The van der Waals surface area contributed by atoms with E-state index in [1.165, 1.54) is 35.9 Å². The molecule has 0 bridgehead atoms. The summed E-state index contributed by atoms with van der Waals surface area (Å²) in [4.78, 5) is 11.1. The van der Waals surface area contributed by atoms with Gasteiger partial charge in [0.2, 0.25) is 5.91 Å². The molecular formula is C10H8ClN5O2S. The van der Waals surface area contributed by atoms with E-state index in [2.05, 4.69) is 25.7 Å². The lowest BCUT2D eigenvalue weighted by molar-refractivity contribution is -0.114. The van der Waals surface area contributed by atoms with Crippen LogP contribution in [0.5, 0.6) is 5.75 Å². The lowest BCUT2D eigenvalue weighted by atomic mass is 10.2. The number of azo groups is 1. The van der Waals surface area contributed by atoms with Gasteiger partial charge in [-0.1, -0.05) is 22.9 Å². The quantitative estimate of drug-likeness (QED) is 0.849. The minimum absolute atomic E-state index is 0.111. The maximum atomic E-state index is 11.1. The number of aromatic nitrogens is 2. The fourth-order valence-electron chi connectivity index (χ4n) is 1.23. The number of rotatable bonds is 3. The topological polar surface area (TPSA) is 99.8 Å². The summed E-state index contributed by atoms with van der Waals surface area (Å²) in [5, 5.41) is 27.6. The average molecular weight is 298 g/mol. The number of nitrogens with one attached hydrogen (secondary N) is 1. The minimum atomic E-state index is -0.297. The Kier molecular flexibility index (Phi) is 4.03. The molecule has 0 spiro atoms. The van der Waals surface area contributed by atoms with Crippen LogP contribution in [0.4, 0.5) is 16.5 Å². The second kappa shape index (κ2) is 5.72. The Morgan fingerprint density at radius 2 is 2.26 bits per heavy atom. The number of carbonyl (C=O) groups is 1. The van der Waals surface area contributed by atoms with Crippen LogP contribution in [0.3, 0.4) is 0 Å². The summed E-state index contributed by atoms with van der Waals surface area (Å²) < 4.78 is 0. The number of halogens is 1. The maximum absolute atomic E-state index is 11.1. The molecule has 98 valence electrons. The molecule has 1 aromatic carbocycles. The summed E-state index contributed by atoms with van der Waals surface area (Å²) in [6.07, 6.45) is 0. The van der Waals surface area contributed by atoms with Crippen molar-refractivity contribution >= 4 is 45.4 Å². The third-order valence-corrected chi connectivity index (χ3v) is 2.84. The number of hydrogen-bond acceptors (Lipinski definition) is 7. The van der Waals surface area contributed by atoms with Crippen molar-refractivity contribution in [1.29, 1.82) is 0 Å². The molecule has 0 aliphatic heterocycles. The summed E-state index contributed by atoms with van der Waals surface area (Å²) in [6, 6.07) is 2.70. The van der Waals surface area contributed by atoms with E-state index in [9.17, 15) is 9.90 Å². The van der Waals surface area contributed by atoms with Crippen molar-refractivity contribution in [2.45, 2.75) is 6.92 Å². The van der Waals surface area contributed by atoms with E-state index in [0.29, 0.717) is 16.5 Å². The largest absolute Gasteiger partial charge is 0.506 e. The molecule has 0 unspecified atom stereocenters. The normalized spacial score (nSPS) is 10.8. The number of phenols is 1. The number of anilines is 1. The Hall–Kier alpha value is -2.06. The molecule has 1 amide bonds. The van der Waals surface area contributed by atoms with E-state index < -0.39 is 0 Å². The fourth-order valence-corrected chi connectivity index (χ4v) is 1.76. The number of phenolic OH excluding ortho intramolecular Hbond substituents is 1. The van der Waals surface area contributed by atoms with Gasteiger partial charge in [0.15, 0.2) is 0 Å². The molecule has 0 saturated heterocycles. The number of benzene rings is 1. The standard InChI is InChI=1S/C10H8ClN5O2S/c1-5(17)13-7-3-9(18)6(11)2-8(7)14-16-10-15-12-4-19-10/h2-4,18H,1H3,(H,13,17). The summed E-state index contributed by atoms with van der Waals surface area (Å²) in [5.74, 6) is -0.450. The highest BCUT2D eigenvalue weighted by Gasteiger charge is 2.09. The zero-order chi connectivity index (χ0) is 13.8. The molecule has 7 nitrogen and oxygen atoms in total. The van der Waals surface area contributed by atoms with Crippen LogP contribution >= 0.6 is 22.9 Å². The van der Waals surface area contributed by atoms with Gasteiger partial charge < -0.3 is 10.4 Å². The van der Waals surface area contributed by atoms with Gasteiger partial charge in [-0.3, -0.25) is 4.79 Å². The first-order valence-corrected chi connectivity index (χ1v) is 6.30. The first-order valence-electron chi connectivity index (χ1n) is 5.04. The van der Waals surface area contributed by atoms with Gasteiger partial charge in [0.25, 0.3) is 5.13 Å². The van der Waals surface area contributed by atoms with Gasteiger partial charge in [0, 0.05) is 13.0 Å². The number of hydrogen-bond donors (Lipinski definition) is 2. The van der Waals surface area contributed by atoms with Crippen molar-refractivity contribution in [3.63, 3.8) is 0 Å². The minimum Gasteiger partial charge on any atom is -0.506 e. The molecule has 2 aromatic rings. The molecule has 0 radical (unpaired) electrons. The van der Waals surface area contributed by atoms with Crippen LogP contribution in [-0.4, -0.2) is 21.2 Å². The van der Waals surface area contributed by atoms with Gasteiger partial charge in [-0.25, -0.2) is 0 Å². The molecule has 0 fully saturated rings. The number of nitrogens with zero attached hydrogens (tertiary/aromatic N) is 4. The van der Waals surface area contributed by atoms with Gasteiger partial charge in [-0.05, 0) is 6.07 Å². The zero-order valence-corrected chi connectivity index (χ0v) is 11.2. The summed E-state index contributed by atoms with van der Waals surface area (Å²) >= 11 is 7.01. The van der Waals surface area contributed by atoms with E-state index >= 15 is 0 Å². The molecule has 0 aliphatic rings. The predicted molar refractivity (Wildman–Crippen MR) is 71.5 cm³/mol. The Morgan fingerprint density at radius 1 is 1.47 bits per heavy atom. The molecule has 2 rings (SSSR count). The molecule has 0 saturated carbocycles. The third kappa shape index (κ3) is 3.46. The number of carbonyl (C=O) groups excluding carboxylic acids is 1. The van der Waals surface area contributed by atoms with E-state index in [-0.39, 0.29) is 16.7 Å². The highest BCUT2D eigenvalue weighted by Crippen LogP contribution is 2.36. The Labute approximate surface area is 117 Å². The molecule has 9 heteroatoms. The van der Waals surface area contributed by atoms with Gasteiger partial charge in [-0.15, -0.1) is 20.4 Å². The Bertz CT molecular complexity index is 629. The van der Waals surface area contributed by atoms with E-state index in [4.69, 9.17) is 11.6 Å². The van der Waals surface area contributed by atoms with Crippen molar-refractivity contribution in [2.24, 2.45) is 10.2 Å². The Morgan fingerprint density at radius 3 is 2.89 bits per heavy atom. The lowest BCUT2D eigenvalue weighted by Gasteiger charge is -2.07. The van der Waals surface area contributed by atoms with Crippen molar-refractivity contribution < 1.29 is 9.90 Å². The van der Waals surface area contributed by atoms with Crippen molar-refractivity contribution in [3.05, 3.63) is 22.7 Å².